The maximum absolute atomic E-state index is 13.5. The molecule has 1 saturated heterocycles. The standard InChI is InChI=1S/C28H34N2O5/c1-4-28(5-2,24(31)30-16-14-27(3,15-17-30)25(32)33)29-26(34)35-18-23-21-12-8-6-10-19(21)20-11-7-9-13-22(20)23/h6-13,23H,4-5,14-18H2,1-3H3,(H,29,34)(H,32,33). The largest absolute Gasteiger partial charge is 0.481 e. The van der Waals surface area contributed by atoms with Crippen molar-refractivity contribution in [1.82, 2.24) is 10.2 Å². The van der Waals surface area contributed by atoms with E-state index in [0.29, 0.717) is 38.8 Å². The second-order valence-electron chi connectivity index (χ2n) is 9.90. The number of ether oxygens (including phenoxy) is 1. The molecule has 0 bridgehead atoms. The summed E-state index contributed by atoms with van der Waals surface area (Å²) in [6.45, 7) is 6.36. The number of carboxylic acid groups (broad SMARTS) is 1. The maximum atomic E-state index is 13.5. The Bertz CT molecular complexity index is 1070. The van der Waals surface area contributed by atoms with E-state index in [-0.39, 0.29) is 18.4 Å². The summed E-state index contributed by atoms with van der Waals surface area (Å²) >= 11 is 0. The van der Waals surface area contributed by atoms with Gasteiger partial charge in [-0.25, -0.2) is 4.79 Å². The fraction of sp³-hybridized carbons (Fsp3) is 0.464. The number of aliphatic carboxylic acids is 1. The van der Waals surface area contributed by atoms with E-state index >= 15 is 0 Å². The van der Waals surface area contributed by atoms with Crippen LogP contribution in [-0.4, -0.2) is 53.2 Å². The molecule has 2 aromatic carbocycles. The number of piperidine rings is 1. The first-order chi connectivity index (χ1) is 16.7. The van der Waals surface area contributed by atoms with E-state index < -0.39 is 23.0 Å². The summed E-state index contributed by atoms with van der Waals surface area (Å²) in [4.78, 5) is 39.7. The number of benzene rings is 2. The highest BCUT2D eigenvalue weighted by molar-refractivity contribution is 5.90. The molecule has 0 aromatic heterocycles. The van der Waals surface area contributed by atoms with Gasteiger partial charge < -0.3 is 20.1 Å². The minimum atomic E-state index is -1.08. The molecule has 35 heavy (non-hydrogen) atoms. The van der Waals surface area contributed by atoms with Crippen molar-refractivity contribution in [3.63, 3.8) is 0 Å². The van der Waals surface area contributed by atoms with Crippen LogP contribution >= 0.6 is 0 Å². The van der Waals surface area contributed by atoms with Gasteiger partial charge in [-0.3, -0.25) is 9.59 Å². The summed E-state index contributed by atoms with van der Waals surface area (Å²) in [5.41, 5.74) is 2.66. The summed E-state index contributed by atoms with van der Waals surface area (Å²) < 4.78 is 5.70. The first-order valence-corrected chi connectivity index (χ1v) is 12.4. The van der Waals surface area contributed by atoms with Gasteiger partial charge in [-0.05, 0) is 54.9 Å². The van der Waals surface area contributed by atoms with Gasteiger partial charge in [-0.1, -0.05) is 62.4 Å². The van der Waals surface area contributed by atoms with Gasteiger partial charge in [-0.15, -0.1) is 0 Å². The Hall–Kier alpha value is -3.35. The first-order valence-electron chi connectivity index (χ1n) is 12.4. The van der Waals surface area contributed by atoms with Crippen LogP contribution in [-0.2, 0) is 14.3 Å². The number of carboxylic acids is 1. The molecule has 7 heteroatoms. The lowest BCUT2D eigenvalue weighted by Gasteiger charge is -2.41. The minimum absolute atomic E-state index is 0.0581. The van der Waals surface area contributed by atoms with Gasteiger partial charge in [0.05, 0.1) is 5.41 Å². The van der Waals surface area contributed by atoms with Crippen LogP contribution in [0.5, 0.6) is 0 Å². The SMILES string of the molecule is CCC(CC)(NC(=O)OCC1c2ccccc2-c2ccccc21)C(=O)N1CCC(C)(C(=O)O)CC1. The molecule has 0 radical (unpaired) electrons. The minimum Gasteiger partial charge on any atom is -0.481 e. The number of hydrogen-bond acceptors (Lipinski definition) is 4. The second kappa shape index (κ2) is 9.72. The van der Waals surface area contributed by atoms with Crippen molar-refractivity contribution in [2.24, 2.45) is 5.41 Å². The van der Waals surface area contributed by atoms with Crippen molar-refractivity contribution in [1.29, 1.82) is 0 Å². The van der Waals surface area contributed by atoms with Crippen molar-refractivity contribution in [2.45, 2.75) is 57.9 Å². The second-order valence-corrected chi connectivity index (χ2v) is 9.90. The number of nitrogens with one attached hydrogen (secondary N) is 1. The zero-order valence-corrected chi connectivity index (χ0v) is 20.7. The van der Waals surface area contributed by atoms with Crippen LogP contribution in [0.25, 0.3) is 11.1 Å². The number of carbonyl (C=O) groups excluding carboxylic acids is 2. The van der Waals surface area contributed by atoms with Crippen LogP contribution in [0.3, 0.4) is 0 Å². The van der Waals surface area contributed by atoms with E-state index in [1.165, 1.54) is 0 Å². The summed E-state index contributed by atoms with van der Waals surface area (Å²) in [5, 5.41) is 12.4. The van der Waals surface area contributed by atoms with Crippen LogP contribution in [0, 0.1) is 5.41 Å². The number of rotatable bonds is 7. The van der Waals surface area contributed by atoms with Gasteiger partial charge in [0.25, 0.3) is 0 Å². The lowest BCUT2D eigenvalue weighted by atomic mass is 9.79. The van der Waals surface area contributed by atoms with Crippen LogP contribution in [0.2, 0.25) is 0 Å². The number of amides is 2. The van der Waals surface area contributed by atoms with Crippen molar-refractivity contribution in [3.05, 3.63) is 59.7 Å². The van der Waals surface area contributed by atoms with Gasteiger partial charge >= 0.3 is 12.1 Å². The molecular formula is C28H34N2O5. The fourth-order valence-corrected chi connectivity index (χ4v) is 5.33. The molecule has 0 unspecified atom stereocenters. The molecule has 7 nitrogen and oxygen atoms in total. The Morgan fingerprint density at radius 3 is 2.00 bits per heavy atom. The Labute approximate surface area is 206 Å². The quantitative estimate of drug-likeness (QED) is 0.596. The van der Waals surface area contributed by atoms with Crippen LogP contribution in [0.4, 0.5) is 4.79 Å². The molecule has 0 saturated carbocycles. The van der Waals surface area contributed by atoms with Crippen molar-refractivity contribution in [2.75, 3.05) is 19.7 Å². The number of alkyl carbamates (subject to hydrolysis) is 1. The van der Waals surface area contributed by atoms with Gasteiger partial charge in [0, 0.05) is 19.0 Å². The van der Waals surface area contributed by atoms with Crippen LogP contribution < -0.4 is 5.32 Å². The Morgan fingerprint density at radius 2 is 1.51 bits per heavy atom. The highest BCUT2D eigenvalue weighted by Gasteiger charge is 2.44. The number of hydrogen-bond donors (Lipinski definition) is 2. The third kappa shape index (κ3) is 4.51. The molecule has 1 aliphatic carbocycles. The van der Waals surface area contributed by atoms with Crippen LogP contribution in [0.1, 0.15) is 63.5 Å². The molecule has 1 aliphatic heterocycles. The smallest absolute Gasteiger partial charge is 0.408 e. The molecule has 0 spiro atoms. The van der Waals surface area contributed by atoms with E-state index in [0.717, 1.165) is 22.3 Å². The predicted molar refractivity (Wildman–Crippen MR) is 133 cm³/mol. The molecule has 0 atom stereocenters. The highest BCUT2D eigenvalue weighted by Crippen LogP contribution is 2.44. The van der Waals surface area contributed by atoms with E-state index in [1.54, 1.807) is 11.8 Å². The zero-order valence-electron chi connectivity index (χ0n) is 20.7. The fourth-order valence-electron chi connectivity index (χ4n) is 5.33. The lowest BCUT2D eigenvalue weighted by Crippen LogP contribution is -2.61. The van der Waals surface area contributed by atoms with Crippen LogP contribution in [0.15, 0.2) is 48.5 Å². The highest BCUT2D eigenvalue weighted by atomic mass is 16.5. The van der Waals surface area contributed by atoms with E-state index in [1.807, 2.05) is 38.1 Å². The molecule has 2 amide bonds. The molecule has 2 aromatic rings. The van der Waals surface area contributed by atoms with Crippen molar-refractivity contribution >= 4 is 18.0 Å². The molecule has 1 heterocycles. The predicted octanol–water partition coefficient (Wildman–Crippen LogP) is 4.80. The summed E-state index contributed by atoms with van der Waals surface area (Å²) in [6, 6.07) is 16.3. The van der Waals surface area contributed by atoms with Gasteiger partial charge in [0.1, 0.15) is 12.1 Å². The number of carbonyl (C=O) groups is 3. The zero-order chi connectivity index (χ0) is 25.2. The molecule has 186 valence electrons. The molecule has 4 rings (SSSR count). The van der Waals surface area contributed by atoms with Crippen molar-refractivity contribution in [3.8, 4) is 11.1 Å². The summed E-state index contributed by atoms with van der Waals surface area (Å²) in [5.74, 6) is -1.07. The number of fused-ring (bicyclic) bond motifs is 3. The van der Waals surface area contributed by atoms with E-state index in [9.17, 15) is 19.5 Å². The van der Waals surface area contributed by atoms with E-state index in [2.05, 4.69) is 29.6 Å². The third-order valence-corrected chi connectivity index (χ3v) is 7.97. The first kappa shape index (κ1) is 24.8. The number of likely N-dealkylation sites (tertiary alicyclic amines) is 1. The summed E-state index contributed by atoms with van der Waals surface area (Å²) in [7, 11) is 0. The molecule has 2 aliphatic rings. The van der Waals surface area contributed by atoms with Gasteiger partial charge in [0.15, 0.2) is 0 Å². The number of nitrogens with zero attached hydrogens (tertiary/aromatic N) is 1. The summed E-state index contributed by atoms with van der Waals surface area (Å²) in [6.07, 6.45) is 1.00. The normalized spacial score (nSPS) is 16.8. The molecule has 1 fully saturated rings. The monoisotopic (exact) mass is 478 g/mol. The Balaban J connectivity index is 1.43. The lowest BCUT2D eigenvalue weighted by molar-refractivity contribution is -0.154. The van der Waals surface area contributed by atoms with E-state index in [4.69, 9.17) is 4.74 Å². The van der Waals surface area contributed by atoms with Crippen molar-refractivity contribution < 1.29 is 24.2 Å². The third-order valence-electron chi connectivity index (χ3n) is 7.97. The Morgan fingerprint density at radius 1 is 1.00 bits per heavy atom. The average Bonchev–Trinajstić information content (AvgIpc) is 3.20. The topological polar surface area (TPSA) is 95.9 Å². The van der Waals surface area contributed by atoms with Gasteiger partial charge in [-0.2, -0.15) is 0 Å². The molecule has 2 N–H and O–H groups in total. The maximum Gasteiger partial charge on any atom is 0.408 e. The average molecular weight is 479 g/mol. The Kier molecular flexibility index (Phi) is 6.88. The molecular weight excluding hydrogens is 444 g/mol. The van der Waals surface area contributed by atoms with Gasteiger partial charge in [0.2, 0.25) is 5.91 Å².